The molecule has 0 saturated heterocycles. The van der Waals surface area contributed by atoms with Crippen LogP contribution in [0.5, 0.6) is 0 Å². The summed E-state index contributed by atoms with van der Waals surface area (Å²) < 4.78 is 38.1. The molecule has 1 aromatic carbocycles. The molecule has 0 radical (unpaired) electrons. The van der Waals surface area contributed by atoms with Crippen LogP contribution in [0.2, 0.25) is 0 Å². The Morgan fingerprint density at radius 3 is 2.65 bits per heavy atom. The molecule has 0 fully saturated rings. The maximum absolute atomic E-state index is 12.7. The predicted molar refractivity (Wildman–Crippen MR) is 68.2 cm³/mol. The van der Waals surface area contributed by atoms with E-state index in [1.54, 1.807) is 6.92 Å². The normalized spacial score (nSPS) is 11.4. The number of hydrogen-bond acceptors (Lipinski definition) is 3. The molecule has 106 valence electrons. The van der Waals surface area contributed by atoms with Crippen molar-refractivity contribution in [2.75, 3.05) is 5.32 Å². The third-order valence-corrected chi connectivity index (χ3v) is 3.05. The molecule has 0 atom stereocenters. The standard InChI is InChI=1S/C11H8BrF3N4O/c1-5-16-10(19-18-5)17-9(20)6-2-3-8(12)7(4-6)11(13,14)15/h2-4H,1H3,(H2,16,17,18,19,20). The highest BCUT2D eigenvalue weighted by Crippen LogP contribution is 2.35. The number of halogens is 4. The molecule has 0 bridgehead atoms. The summed E-state index contributed by atoms with van der Waals surface area (Å²) in [6, 6.07) is 3.20. The van der Waals surface area contributed by atoms with Crippen molar-refractivity contribution in [1.82, 2.24) is 15.2 Å². The fourth-order valence-electron chi connectivity index (χ4n) is 1.46. The number of rotatable bonds is 2. The van der Waals surface area contributed by atoms with Gasteiger partial charge >= 0.3 is 6.18 Å². The average molecular weight is 349 g/mol. The van der Waals surface area contributed by atoms with E-state index >= 15 is 0 Å². The number of anilines is 1. The van der Waals surface area contributed by atoms with E-state index in [2.05, 4.69) is 36.4 Å². The van der Waals surface area contributed by atoms with Gasteiger partial charge in [0.15, 0.2) is 0 Å². The second kappa shape index (κ2) is 5.23. The fourth-order valence-corrected chi connectivity index (χ4v) is 1.93. The molecule has 2 N–H and O–H groups in total. The van der Waals surface area contributed by atoms with Crippen molar-refractivity contribution in [2.24, 2.45) is 0 Å². The van der Waals surface area contributed by atoms with E-state index in [1.807, 2.05) is 0 Å². The predicted octanol–water partition coefficient (Wildman–Crippen LogP) is 3.15. The minimum atomic E-state index is -4.55. The maximum Gasteiger partial charge on any atom is 0.417 e. The van der Waals surface area contributed by atoms with Crippen LogP contribution >= 0.6 is 15.9 Å². The van der Waals surface area contributed by atoms with Gasteiger partial charge in [-0.25, -0.2) is 0 Å². The van der Waals surface area contributed by atoms with Gasteiger partial charge in [-0.1, -0.05) is 15.9 Å². The van der Waals surface area contributed by atoms with Gasteiger partial charge in [0.2, 0.25) is 5.95 Å². The molecule has 2 aromatic rings. The van der Waals surface area contributed by atoms with E-state index in [4.69, 9.17) is 0 Å². The number of amides is 1. The lowest BCUT2D eigenvalue weighted by Crippen LogP contribution is -2.15. The van der Waals surface area contributed by atoms with Gasteiger partial charge in [0, 0.05) is 10.0 Å². The first-order chi connectivity index (χ1) is 9.27. The monoisotopic (exact) mass is 348 g/mol. The lowest BCUT2D eigenvalue weighted by Gasteiger charge is -2.10. The van der Waals surface area contributed by atoms with Crippen LogP contribution < -0.4 is 5.32 Å². The molecule has 5 nitrogen and oxygen atoms in total. The number of alkyl halides is 3. The number of H-pyrrole nitrogens is 1. The van der Waals surface area contributed by atoms with Gasteiger partial charge in [0.05, 0.1) is 5.56 Å². The van der Waals surface area contributed by atoms with Gasteiger partial charge in [-0.15, -0.1) is 5.10 Å². The van der Waals surface area contributed by atoms with Gasteiger partial charge in [0.25, 0.3) is 5.91 Å². The molecule has 1 aromatic heterocycles. The molecular weight excluding hydrogens is 341 g/mol. The summed E-state index contributed by atoms with van der Waals surface area (Å²) in [5.74, 6) is -0.238. The summed E-state index contributed by atoms with van der Waals surface area (Å²) in [6.45, 7) is 1.63. The molecule has 1 heterocycles. The number of nitrogens with zero attached hydrogens (tertiary/aromatic N) is 2. The van der Waals surface area contributed by atoms with Crippen molar-refractivity contribution in [1.29, 1.82) is 0 Å². The molecule has 20 heavy (non-hydrogen) atoms. The van der Waals surface area contributed by atoms with Crippen LogP contribution in [0.1, 0.15) is 21.7 Å². The highest BCUT2D eigenvalue weighted by atomic mass is 79.9. The molecule has 2 rings (SSSR count). The quantitative estimate of drug-likeness (QED) is 0.875. The van der Waals surface area contributed by atoms with Crippen LogP contribution in [0.25, 0.3) is 0 Å². The molecule has 0 saturated carbocycles. The van der Waals surface area contributed by atoms with Crippen LogP contribution in [-0.2, 0) is 6.18 Å². The summed E-state index contributed by atoms with van der Waals surface area (Å²) in [6.07, 6.45) is -4.55. The highest BCUT2D eigenvalue weighted by molar-refractivity contribution is 9.10. The number of aromatic nitrogens is 3. The first kappa shape index (κ1) is 14.5. The second-order valence-corrected chi connectivity index (χ2v) is 4.75. The molecule has 1 amide bonds. The van der Waals surface area contributed by atoms with Crippen LogP contribution in [-0.4, -0.2) is 21.1 Å². The lowest BCUT2D eigenvalue weighted by molar-refractivity contribution is -0.138. The molecule has 9 heteroatoms. The van der Waals surface area contributed by atoms with E-state index in [9.17, 15) is 18.0 Å². The zero-order valence-corrected chi connectivity index (χ0v) is 11.6. The Bertz CT molecular complexity index is 653. The smallest absolute Gasteiger partial charge is 0.289 e. The number of aryl methyl sites for hydroxylation is 1. The number of hydrogen-bond donors (Lipinski definition) is 2. The number of carbonyl (C=O) groups excluding carboxylic acids is 1. The molecular formula is C11H8BrF3N4O. The maximum atomic E-state index is 12.7. The Labute approximate surface area is 119 Å². The van der Waals surface area contributed by atoms with Crippen molar-refractivity contribution in [2.45, 2.75) is 13.1 Å². The Balaban J connectivity index is 2.27. The zero-order valence-electron chi connectivity index (χ0n) is 10.0. The molecule has 0 aliphatic carbocycles. The Kier molecular flexibility index (Phi) is 3.80. The number of benzene rings is 1. The van der Waals surface area contributed by atoms with Gasteiger partial charge in [-0.2, -0.15) is 18.2 Å². The van der Waals surface area contributed by atoms with E-state index in [0.717, 1.165) is 6.07 Å². The van der Waals surface area contributed by atoms with Crippen molar-refractivity contribution in [3.63, 3.8) is 0 Å². The number of carbonyl (C=O) groups is 1. The topological polar surface area (TPSA) is 70.7 Å². The van der Waals surface area contributed by atoms with E-state index in [-0.39, 0.29) is 16.0 Å². The van der Waals surface area contributed by atoms with Crippen molar-refractivity contribution in [3.05, 3.63) is 39.6 Å². The summed E-state index contributed by atoms with van der Waals surface area (Å²) in [7, 11) is 0. The number of aromatic amines is 1. The van der Waals surface area contributed by atoms with Gasteiger partial charge in [0.1, 0.15) is 5.82 Å². The van der Waals surface area contributed by atoms with Crippen LogP contribution in [0.4, 0.5) is 19.1 Å². The lowest BCUT2D eigenvalue weighted by atomic mass is 10.1. The first-order valence-electron chi connectivity index (χ1n) is 5.34. The molecule has 0 aliphatic rings. The minimum absolute atomic E-state index is 0.00368. The van der Waals surface area contributed by atoms with E-state index in [0.29, 0.717) is 5.82 Å². The number of nitrogens with one attached hydrogen (secondary N) is 2. The van der Waals surface area contributed by atoms with Crippen LogP contribution in [0.15, 0.2) is 22.7 Å². The third-order valence-electron chi connectivity index (χ3n) is 2.36. The van der Waals surface area contributed by atoms with Crippen molar-refractivity contribution < 1.29 is 18.0 Å². The Morgan fingerprint density at radius 2 is 2.10 bits per heavy atom. The SMILES string of the molecule is Cc1nc(NC(=O)c2ccc(Br)c(C(F)(F)F)c2)n[nH]1. The summed E-state index contributed by atoms with van der Waals surface area (Å²) in [4.78, 5) is 15.7. The third kappa shape index (κ3) is 3.16. The van der Waals surface area contributed by atoms with Crippen LogP contribution in [0.3, 0.4) is 0 Å². The van der Waals surface area contributed by atoms with Gasteiger partial charge < -0.3 is 0 Å². The van der Waals surface area contributed by atoms with E-state index in [1.165, 1.54) is 12.1 Å². The molecule has 0 spiro atoms. The second-order valence-electron chi connectivity index (χ2n) is 3.89. The molecule has 0 unspecified atom stereocenters. The van der Waals surface area contributed by atoms with Crippen LogP contribution in [0, 0.1) is 6.92 Å². The van der Waals surface area contributed by atoms with Gasteiger partial charge in [-0.3, -0.25) is 15.2 Å². The van der Waals surface area contributed by atoms with Crippen molar-refractivity contribution >= 4 is 27.8 Å². The first-order valence-corrected chi connectivity index (χ1v) is 6.14. The minimum Gasteiger partial charge on any atom is -0.289 e. The summed E-state index contributed by atoms with van der Waals surface area (Å²) in [5, 5.41) is 8.48. The van der Waals surface area contributed by atoms with Gasteiger partial charge in [-0.05, 0) is 25.1 Å². The fraction of sp³-hybridized carbons (Fsp3) is 0.182. The largest absolute Gasteiger partial charge is 0.417 e. The zero-order chi connectivity index (χ0) is 14.9. The summed E-state index contributed by atoms with van der Waals surface area (Å²) in [5.41, 5.74) is -1.06. The highest BCUT2D eigenvalue weighted by Gasteiger charge is 2.33. The Morgan fingerprint density at radius 1 is 1.40 bits per heavy atom. The average Bonchev–Trinajstić information content (AvgIpc) is 2.73. The summed E-state index contributed by atoms with van der Waals surface area (Å²) >= 11 is 2.80. The van der Waals surface area contributed by atoms with Crippen molar-refractivity contribution in [3.8, 4) is 0 Å². The molecule has 0 aliphatic heterocycles. The van der Waals surface area contributed by atoms with E-state index < -0.39 is 17.6 Å². The Hall–Kier alpha value is -1.90.